The molecule has 0 aromatic heterocycles. The van der Waals surface area contributed by atoms with Crippen LogP contribution in [-0.2, 0) is 14.3 Å². The molecular weight excluding hydrogens is 366 g/mol. The molecule has 0 spiro atoms. The van der Waals surface area contributed by atoms with Crippen molar-refractivity contribution in [1.82, 2.24) is 4.90 Å². The highest BCUT2D eigenvalue weighted by molar-refractivity contribution is 5.92. The second-order valence-electron chi connectivity index (χ2n) is 7.89. The number of nitrogens with zero attached hydrogens (tertiary/aromatic N) is 1. The summed E-state index contributed by atoms with van der Waals surface area (Å²) in [5, 5.41) is 10.5. The lowest BCUT2D eigenvalue weighted by molar-refractivity contribution is -0.175. The fraction of sp³-hybridized carbons (Fsp3) is 0.417. The first-order chi connectivity index (χ1) is 14.1. The van der Waals surface area contributed by atoms with Gasteiger partial charge in [-0.15, -0.1) is 0 Å². The van der Waals surface area contributed by atoms with E-state index in [0.717, 1.165) is 24.0 Å². The predicted molar refractivity (Wildman–Crippen MR) is 109 cm³/mol. The average molecular weight is 393 g/mol. The standard InChI is InChI=1S/C24H27NO4/c1-2-29-24(28)22-19-14-13-18(15-20(19)26)25(22)23(27)21(16-9-5-3-6-10-16)17-11-7-4-8-12-17/h3-12,18-22,26H,2,13-15H2,1H3/t18-,19+,20?,22-/m0/s1. The lowest BCUT2D eigenvalue weighted by Gasteiger charge is -2.52. The van der Waals surface area contributed by atoms with E-state index in [1.54, 1.807) is 11.8 Å². The van der Waals surface area contributed by atoms with Crippen LogP contribution in [-0.4, -0.2) is 46.7 Å². The van der Waals surface area contributed by atoms with Crippen LogP contribution in [0.3, 0.4) is 0 Å². The summed E-state index contributed by atoms with van der Waals surface area (Å²) < 4.78 is 5.31. The fourth-order valence-corrected chi connectivity index (χ4v) is 4.95. The van der Waals surface area contributed by atoms with Gasteiger partial charge in [0.05, 0.1) is 18.6 Å². The summed E-state index contributed by atoms with van der Waals surface area (Å²) in [7, 11) is 0. The second-order valence-corrected chi connectivity index (χ2v) is 7.89. The normalized spacial score (nSPS) is 25.8. The summed E-state index contributed by atoms with van der Waals surface area (Å²) in [5.74, 6) is -1.27. The minimum atomic E-state index is -0.722. The van der Waals surface area contributed by atoms with Crippen molar-refractivity contribution in [2.45, 2.75) is 50.3 Å². The van der Waals surface area contributed by atoms with E-state index in [0.29, 0.717) is 6.42 Å². The molecule has 5 heteroatoms. The molecular formula is C24H27NO4. The zero-order valence-electron chi connectivity index (χ0n) is 16.6. The number of carbonyl (C=O) groups excluding carboxylic acids is 2. The van der Waals surface area contributed by atoms with Crippen LogP contribution >= 0.6 is 0 Å². The van der Waals surface area contributed by atoms with E-state index in [-0.39, 0.29) is 24.5 Å². The second kappa shape index (κ2) is 8.37. The summed E-state index contributed by atoms with van der Waals surface area (Å²) in [6.45, 7) is 2.02. The Bertz CT molecular complexity index is 814. The van der Waals surface area contributed by atoms with Gasteiger partial charge in [-0.25, -0.2) is 4.79 Å². The first-order valence-corrected chi connectivity index (χ1v) is 10.4. The summed E-state index contributed by atoms with van der Waals surface area (Å²) in [5.41, 5.74) is 1.79. The van der Waals surface area contributed by atoms with Gasteiger partial charge in [0.15, 0.2) is 0 Å². The Morgan fingerprint density at radius 2 is 1.62 bits per heavy atom. The zero-order valence-corrected chi connectivity index (χ0v) is 16.6. The van der Waals surface area contributed by atoms with Gasteiger partial charge in [-0.05, 0) is 37.3 Å². The third-order valence-electron chi connectivity index (χ3n) is 6.23. The lowest BCUT2D eigenvalue weighted by Crippen LogP contribution is -2.65. The van der Waals surface area contributed by atoms with Crippen molar-refractivity contribution in [2.75, 3.05) is 6.61 Å². The number of ether oxygens (including phenoxy) is 1. The van der Waals surface area contributed by atoms with Crippen LogP contribution in [0, 0.1) is 5.92 Å². The fourth-order valence-electron chi connectivity index (χ4n) is 4.95. The number of carbonyl (C=O) groups is 2. The molecule has 2 bridgehead atoms. The number of piperidine rings is 2. The Hall–Kier alpha value is -2.66. The topological polar surface area (TPSA) is 66.8 Å². The van der Waals surface area contributed by atoms with Crippen LogP contribution < -0.4 is 0 Å². The number of benzene rings is 2. The number of hydrogen-bond acceptors (Lipinski definition) is 4. The number of hydrogen-bond donors (Lipinski definition) is 1. The Balaban J connectivity index is 1.75. The van der Waals surface area contributed by atoms with E-state index in [1.807, 2.05) is 60.7 Å². The molecule has 3 fully saturated rings. The molecule has 2 aliphatic heterocycles. The maximum absolute atomic E-state index is 14.0. The first kappa shape index (κ1) is 19.6. The smallest absolute Gasteiger partial charge is 0.329 e. The molecule has 2 aromatic rings. The van der Waals surface area contributed by atoms with Crippen molar-refractivity contribution in [3.8, 4) is 0 Å². The third-order valence-corrected chi connectivity index (χ3v) is 6.23. The van der Waals surface area contributed by atoms with E-state index < -0.39 is 24.0 Å². The van der Waals surface area contributed by atoms with Gasteiger partial charge in [-0.2, -0.15) is 0 Å². The van der Waals surface area contributed by atoms with Crippen LogP contribution in [0.1, 0.15) is 43.2 Å². The SMILES string of the molecule is CCOC(=O)[C@@H]1[C@@H]2CC[C@@H](CC2O)N1C(=O)C(c1ccccc1)c1ccccc1. The molecule has 3 aliphatic rings. The lowest BCUT2D eigenvalue weighted by atomic mass is 9.71. The van der Waals surface area contributed by atoms with Gasteiger partial charge in [-0.3, -0.25) is 4.79 Å². The molecule has 4 atom stereocenters. The molecule has 1 amide bonds. The van der Waals surface area contributed by atoms with E-state index in [2.05, 4.69) is 0 Å². The molecule has 152 valence electrons. The van der Waals surface area contributed by atoms with E-state index in [1.165, 1.54) is 0 Å². The monoisotopic (exact) mass is 393 g/mol. The Morgan fingerprint density at radius 3 is 2.14 bits per heavy atom. The number of aliphatic hydroxyl groups excluding tert-OH is 1. The number of aliphatic hydroxyl groups is 1. The molecule has 2 aromatic carbocycles. The van der Waals surface area contributed by atoms with Gasteiger partial charge in [0.25, 0.3) is 0 Å². The van der Waals surface area contributed by atoms with Gasteiger partial charge in [-0.1, -0.05) is 60.7 Å². The first-order valence-electron chi connectivity index (χ1n) is 10.4. The van der Waals surface area contributed by atoms with Gasteiger partial charge >= 0.3 is 5.97 Å². The average Bonchev–Trinajstić information content (AvgIpc) is 2.75. The molecule has 5 rings (SSSR count). The van der Waals surface area contributed by atoms with E-state index in [4.69, 9.17) is 4.74 Å². The van der Waals surface area contributed by atoms with Crippen molar-refractivity contribution in [3.05, 3.63) is 71.8 Å². The third kappa shape index (κ3) is 3.67. The maximum Gasteiger partial charge on any atom is 0.329 e. The van der Waals surface area contributed by atoms with Crippen molar-refractivity contribution in [1.29, 1.82) is 0 Å². The maximum atomic E-state index is 14.0. The summed E-state index contributed by atoms with van der Waals surface area (Å²) in [6.07, 6.45) is 1.49. The summed E-state index contributed by atoms with van der Waals surface area (Å²) in [4.78, 5) is 28.5. The minimum absolute atomic E-state index is 0.0953. The van der Waals surface area contributed by atoms with Gasteiger partial charge in [0, 0.05) is 12.0 Å². The highest BCUT2D eigenvalue weighted by Crippen LogP contribution is 2.42. The Labute approximate surface area is 171 Å². The van der Waals surface area contributed by atoms with Crippen molar-refractivity contribution < 1.29 is 19.4 Å². The van der Waals surface area contributed by atoms with Gasteiger partial charge in [0.2, 0.25) is 5.91 Å². The molecule has 2 saturated heterocycles. The van der Waals surface area contributed by atoms with Gasteiger partial charge in [0.1, 0.15) is 6.04 Å². The number of rotatable bonds is 5. The highest BCUT2D eigenvalue weighted by Gasteiger charge is 2.53. The van der Waals surface area contributed by atoms with Crippen molar-refractivity contribution >= 4 is 11.9 Å². The molecule has 29 heavy (non-hydrogen) atoms. The van der Waals surface area contributed by atoms with Gasteiger partial charge < -0.3 is 14.7 Å². The molecule has 2 heterocycles. The number of amides is 1. The van der Waals surface area contributed by atoms with Crippen molar-refractivity contribution in [3.63, 3.8) is 0 Å². The van der Waals surface area contributed by atoms with Crippen molar-refractivity contribution in [2.24, 2.45) is 5.92 Å². The van der Waals surface area contributed by atoms with Crippen LogP contribution in [0.15, 0.2) is 60.7 Å². The number of fused-ring (bicyclic) bond motifs is 3. The van der Waals surface area contributed by atoms with Crippen LogP contribution in [0.5, 0.6) is 0 Å². The molecule has 1 N–H and O–H groups in total. The molecule has 1 aliphatic carbocycles. The predicted octanol–water partition coefficient (Wildman–Crippen LogP) is 3.12. The minimum Gasteiger partial charge on any atom is -0.464 e. The quantitative estimate of drug-likeness (QED) is 0.793. The number of esters is 1. The van der Waals surface area contributed by atoms with Crippen LogP contribution in [0.25, 0.3) is 0 Å². The molecule has 1 saturated carbocycles. The largest absolute Gasteiger partial charge is 0.464 e. The van der Waals surface area contributed by atoms with Crippen LogP contribution in [0.4, 0.5) is 0 Å². The molecule has 5 nitrogen and oxygen atoms in total. The molecule has 0 radical (unpaired) electrons. The summed E-state index contributed by atoms with van der Waals surface area (Å²) >= 11 is 0. The van der Waals surface area contributed by atoms with Crippen LogP contribution in [0.2, 0.25) is 0 Å². The Kier molecular flexibility index (Phi) is 5.67. The van der Waals surface area contributed by atoms with E-state index >= 15 is 0 Å². The zero-order chi connectivity index (χ0) is 20.4. The van der Waals surface area contributed by atoms with E-state index in [9.17, 15) is 14.7 Å². The highest BCUT2D eigenvalue weighted by atomic mass is 16.5. The summed E-state index contributed by atoms with van der Waals surface area (Å²) in [6, 6.07) is 18.5. The Morgan fingerprint density at radius 1 is 1.03 bits per heavy atom. The molecule has 1 unspecified atom stereocenters.